The summed E-state index contributed by atoms with van der Waals surface area (Å²) >= 11 is 0. The first-order valence-corrected chi connectivity index (χ1v) is 15.5. The molecule has 13 heteroatoms. The van der Waals surface area contributed by atoms with Crippen LogP contribution in [0.5, 0.6) is 0 Å². The molecule has 0 fully saturated rings. The van der Waals surface area contributed by atoms with Crippen molar-refractivity contribution in [3.8, 4) is 0 Å². The maximum absolute atomic E-state index is 11.9. The lowest BCUT2D eigenvalue weighted by Crippen LogP contribution is -2.26. The first-order valence-electron chi connectivity index (χ1n) is 17.0. The quantitative estimate of drug-likeness (QED) is 0.247. The van der Waals surface area contributed by atoms with Gasteiger partial charge in [-0.25, -0.2) is 9.59 Å². The van der Waals surface area contributed by atoms with Crippen molar-refractivity contribution in [2.75, 3.05) is 48.5 Å². The summed E-state index contributed by atoms with van der Waals surface area (Å²) in [5, 5.41) is 12.3. The predicted octanol–water partition coefficient (Wildman–Crippen LogP) is 3.78. The zero-order chi connectivity index (χ0) is 35.8. The summed E-state index contributed by atoms with van der Waals surface area (Å²) in [5.41, 5.74) is 9.05. The molecule has 12 nitrogen and oxygen atoms in total. The highest BCUT2D eigenvalue weighted by Crippen LogP contribution is 2.21. The number of aromatic nitrogens is 4. The third kappa shape index (κ3) is 9.09. The number of fused-ring (bicyclic) bond motifs is 2. The predicted molar refractivity (Wildman–Crippen MR) is 182 cm³/mol. The second-order valence-electron chi connectivity index (χ2n) is 11.5. The van der Waals surface area contributed by atoms with Gasteiger partial charge in [0, 0.05) is 50.4 Å². The highest BCUT2D eigenvalue weighted by atomic mass is 35.5. The van der Waals surface area contributed by atoms with Gasteiger partial charge in [0.15, 0.2) is 0 Å². The molecule has 6 rings (SSSR count). The lowest BCUT2D eigenvalue weighted by atomic mass is 9.98. The van der Waals surface area contributed by atoms with Gasteiger partial charge in [0.25, 0.3) is 0 Å². The van der Waals surface area contributed by atoms with Gasteiger partial charge in [0.1, 0.15) is 22.5 Å². The lowest BCUT2D eigenvalue weighted by Gasteiger charge is -2.25. The number of likely N-dealkylation sites (N-methyl/N-ethyl adjacent to an activating group) is 1. The molecule has 0 unspecified atom stereocenters. The molecule has 0 radical (unpaired) electrons. The van der Waals surface area contributed by atoms with E-state index in [2.05, 4.69) is 33.7 Å². The van der Waals surface area contributed by atoms with Crippen LogP contribution < -0.4 is 5.32 Å². The Morgan fingerprint density at radius 2 is 1.33 bits per heavy atom. The highest BCUT2D eigenvalue weighted by Gasteiger charge is 2.19. The fourth-order valence-electron chi connectivity index (χ4n) is 5.85. The van der Waals surface area contributed by atoms with Gasteiger partial charge < -0.3 is 29.2 Å². The number of halogens is 1. The molecule has 1 N–H and O–H groups in total. The highest BCUT2D eigenvalue weighted by molar-refractivity contribution is 5.90. The molecule has 0 spiro atoms. The fraction of sp³-hybridized carbons (Fsp3) is 0.429. The minimum absolute atomic E-state index is 0. The molecule has 4 aromatic rings. The fourth-order valence-corrected chi connectivity index (χ4v) is 5.85. The Morgan fingerprint density at radius 3 is 1.85 bits per heavy atom. The number of esters is 2. The van der Waals surface area contributed by atoms with Crippen LogP contribution in [0.3, 0.4) is 0 Å². The van der Waals surface area contributed by atoms with E-state index in [4.69, 9.17) is 23.1 Å². The third-order valence-corrected chi connectivity index (χ3v) is 8.18. The van der Waals surface area contributed by atoms with Crippen LogP contribution in [0, 0.1) is 0 Å². The van der Waals surface area contributed by atoms with Crippen LogP contribution in [0.15, 0.2) is 48.8 Å². The molecule has 2 aromatic heterocycles. The van der Waals surface area contributed by atoms with Crippen molar-refractivity contribution >= 4 is 24.3 Å². The van der Waals surface area contributed by atoms with Crippen LogP contribution in [0.25, 0.3) is 0 Å². The Hall–Kier alpha value is -4.07. The van der Waals surface area contributed by atoms with Crippen molar-refractivity contribution in [3.05, 3.63) is 105 Å². The average Bonchev–Trinajstić information content (AvgIpc) is 3.70. The van der Waals surface area contributed by atoms with E-state index in [1.165, 1.54) is 35.8 Å². The van der Waals surface area contributed by atoms with E-state index in [0.717, 1.165) is 42.6 Å². The van der Waals surface area contributed by atoms with Gasteiger partial charge in [0.05, 0.1) is 40.5 Å². The number of rotatable bonds is 10. The molecule has 2 aliphatic rings. The summed E-state index contributed by atoms with van der Waals surface area (Å²) in [4.78, 5) is 25.2. The first-order chi connectivity index (χ1) is 24.0. The van der Waals surface area contributed by atoms with Gasteiger partial charge >= 0.3 is 11.9 Å². The molecule has 0 amide bonds. The largest absolute Gasteiger partial charge is 0.465 e. The lowest BCUT2D eigenvalue weighted by molar-refractivity contribution is 0.0587. The van der Waals surface area contributed by atoms with Crippen LogP contribution in [0.4, 0.5) is 0 Å². The van der Waals surface area contributed by atoms with Gasteiger partial charge in [-0.1, -0.05) is 36.4 Å². The molecule has 0 atom stereocenters. The van der Waals surface area contributed by atoms with Crippen molar-refractivity contribution in [1.29, 1.82) is 0 Å². The van der Waals surface area contributed by atoms with E-state index in [1.807, 2.05) is 18.2 Å². The van der Waals surface area contributed by atoms with Gasteiger partial charge in [-0.15, -0.1) is 12.4 Å². The van der Waals surface area contributed by atoms with E-state index in [0.29, 0.717) is 48.7 Å². The topological polar surface area (TPSA) is 122 Å². The Kier molecular flexibility index (Phi) is 11.7. The summed E-state index contributed by atoms with van der Waals surface area (Å²) in [6, 6.07) is 12.6. The minimum atomic E-state index is -2.08. The summed E-state index contributed by atoms with van der Waals surface area (Å²) in [7, 11) is 5.82. The number of nitrogens with zero attached hydrogens (tertiary/aromatic N) is 5. The molecule has 2 aromatic carbocycles. The normalized spacial score (nSPS) is 15.0. The van der Waals surface area contributed by atoms with Gasteiger partial charge in [-0.05, 0) is 59.7 Å². The number of nitrogens with one attached hydrogen (secondary N) is 1. The standard InChI is InChI=1S/C18H23N3O3.C17H21N3O3.ClH/c1-20-7-6-14-5-4-13(8-15(14)10-20)9-21-11-16(18(22)24-3)17(19-21)12-23-2;1-22-11-16-15(17(21)23-2)10-20(19-16)9-12-3-4-13-5-6-18-8-14(13)7-12;/h4-5,8,11H,6-7,9-10,12H2,1-3H3;3-4,7,10,18H,5-6,8-9,11H2,1-2H3;1H/i1D3;;. The van der Waals surface area contributed by atoms with Crippen molar-refractivity contribution in [1.82, 2.24) is 29.8 Å². The number of hydrogen-bond donors (Lipinski definition) is 1. The average molecular weight is 684 g/mol. The minimum Gasteiger partial charge on any atom is -0.465 e. The van der Waals surface area contributed by atoms with E-state index in [1.54, 1.807) is 36.0 Å². The second kappa shape index (κ2) is 17.4. The van der Waals surface area contributed by atoms with Crippen molar-refractivity contribution in [2.24, 2.45) is 0 Å². The molecule has 4 heterocycles. The third-order valence-electron chi connectivity index (χ3n) is 8.18. The number of ether oxygens (including phenoxy) is 4. The number of hydrogen-bond acceptors (Lipinski definition) is 10. The number of carbonyl (C=O) groups is 2. The van der Waals surface area contributed by atoms with Crippen LogP contribution >= 0.6 is 12.4 Å². The molecular weight excluding hydrogens is 636 g/mol. The Bertz CT molecular complexity index is 1810. The Labute approximate surface area is 291 Å². The zero-order valence-corrected chi connectivity index (χ0v) is 28.6. The summed E-state index contributed by atoms with van der Waals surface area (Å²) in [6.45, 7) is 2.38. The molecule has 2 aliphatic heterocycles. The summed E-state index contributed by atoms with van der Waals surface area (Å²) in [5.74, 6) is -0.843. The molecule has 48 heavy (non-hydrogen) atoms. The van der Waals surface area contributed by atoms with E-state index in [-0.39, 0.29) is 25.6 Å². The number of carbonyl (C=O) groups excluding carboxylic acids is 2. The molecular formula is C35H45ClN6O6. The van der Waals surface area contributed by atoms with Crippen molar-refractivity contribution in [3.63, 3.8) is 0 Å². The maximum atomic E-state index is 11.9. The Balaban J connectivity index is 0.000000227. The number of methoxy groups -OCH3 is 4. The van der Waals surface area contributed by atoms with Crippen molar-refractivity contribution in [2.45, 2.75) is 52.2 Å². The van der Waals surface area contributed by atoms with Gasteiger partial charge in [-0.2, -0.15) is 10.2 Å². The first kappa shape index (κ1) is 32.5. The SMILES string of the molecule is COCc1nn(Cc2ccc3c(c2)CNCC3)cc1C(=O)OC.Cl.[2H]C([2H])([2H])N1CCc2ccc(Cn3cc(C(=O)OC)c(COC)n3)cc2C1. The van der Waals surface area contributed by atoms with Crippen LogP contribution in [0.2, 0.25) is 0 Å². The molecule has 0 bridgehead atoms. The van der Waals surface area contributed by atoms with Gasteiger partial charge in [-0.3, -0.25) is 9.36 Å². The smallest absolute Gasteiger partial charge is 0.341 e. The molecule has 0 aliphatic carbocycles. The van der Waals surface area contributed by atoms with Crippen LogP contribution in [-0.2, 0) is 71.2 Å². The molecule has 0 saturated heterocycles. The van der Waals surface area contributed by atoms with Gasteiger partial charge in [0.2, 0.25) is 0 Å². The second-order valence-corrected chi connectivity index (χ2v) is 11.5. The number of benzene rings is 2. The molecule has 258 valence electrons. The van der Waals surface area contributed by atoms with E-state index < -0.39 is 18.9 Å². The Morgan fingerprint density at radius 1 is 0.792 bits per heavy atom. The van der Waals surface area contributed by atoms with Crippen LogP contribution in [-0.4, -0.2) is 84.9 Å². The molecule has 0 saturated carbocycles. The summed E-state index contributed by atoms with van der Waals surface area (Å²) < 4.78 is 46.1. The zero-order valence-electron chi connectivity index (χ0n) is 30.8. The summed E-state index contributed by atoms with van der Waals surface area (Å²) in [6.07, 6.45) is 5.16. The van der Waals surface area contributed by atoms with Crippen molar-refractivity contribution < 1.29 is 32.6 Å². The van der Waals surface area contributed by atoms with E-state index in [9.17, 15) is 9.59 Å². The van der Waals surface area contributed by atoms with Crippen LogP contribution in [0.1, 0.15) is 69.6 Å². The maximum Gasteiger partial charge on any atom is 0.341 e. The monoisotopic (exact) mass is 683 g/mol. The van der Waals surface area contributed by atoms with E-state index >= 15 is 0 Å².